The molecule has 0 bridgehead atoms. The van der Waals surface area contributed by atoms with Gasteiger partial charge in [-0.05, 0) is 32.4 Å². The van der Waals surface area contributed by atoms with Crippen LogP contribution in [0.15, 0.2) is 27.8 Å². The fourth-order valence-corrected chi connectivity index (χ4v) is 2.33. The highest BCUT2D eigenvalue weighted by atomic mass is 16.5. The van der Waals surface area contributed by atoms with Crippen LogP contribution < -0.4 is 10.6 Å². The van der Waals surface area contributed by atoms with E-state index in [1.54, 1.807) is 19.9 Å². The van der Waals surface area contributed by atoms with Crippen LogP contribution in [0.2, 0.25) is 0 Å². The Bertz CT molecular complexity index is 676. The lowest BCUT2D eigenvalue weighted by Gasteiger charge is -2.28. The van der Waals surface area contributed by atoms with Crippen LogP contribution in [-0.2, 0) is 14.3 Å². The number of carbonyl (C=O) groups is 3. The molecule has 0 aliphatic carbocycles. The van der Waals surface area contributed by atoms with Gasteiger partial charge in [-0.2, -0.15) is 0 Å². The molecular formula is C16H20N2O6. The van der Waals surface area contributed by atoms with Gasteiger partial charge in [-0.3, -0.25) is 0 Å². The highest BCUT2D eigenvalue weighted by Crippen LogP contribution is 2.18. The molecule has 0 saturated heterocycles. The minimum absolute atomic E-state index is 0.0538. The van der Waals surface area contributed by atoms with Crippen LogP contribution in [0, 0.1) is 6.92 Å². The maximum atomic E-state index is 12.2. The van der Waals surface area contributed by atoms with Crippen LogP contribution >= 0.6 is 0 Å². The van der Waals surface area contributed by atoms with Crippen molar-refractivity contribution in [1.29, 1.82) is 0 Å². The van der Waals surface area contributed by atoms with E-state index >= 15 is 0 Å². The Balaban J connectivity index is 2.19. The van der Waals surface area contributed by atoms with E-state index in [1.165, 1.54) is 6.07 Å². The van der Waals surface area contributed by atoms with Gasteiger partial charge in [0.2, 0.25) is 5.76 Å². The molecule has 1 aliphatic heterocycles. The summed E-state index contributed by atoms with van der Waals surface area (Å²) >= 11 is 0. The molecule has 0 aromatic carbocycles. The highest BCUT2D eigenvalue weighted by molar-refractivity contribution is 5.95. The Hall–Kier alpha value is -2.77. The average Bonchev–Trinajstić information content (AvgIpc) is 2.98. The Morgan fingerprint density at radius 3 is 2.54 bits per heavy atom. The van der Waals surface area contributed by atoms with E-state index in [4.69, 9.17) is 13.9 Å². The van der Waals surface area contributed by atoms with Crippen molar-refractivity contribution in [1.82, 2.24) is 10.6 Å². The maximum absolute atomic E-state index is 12.2. The molecule has 0 radical (unpaired) electrons. The zero-order valence-electron chi connectivity index (χ0n) is 13.8. The predicted octanol–water partition coefficient (Wildman–Crippen LogP) is 1.65. The lowest BCUT2D eigenvalue weighted by Crippen LogP contribution is -2.51. The van der Waals surface area contributed by atoms with Crippen molar-refractivity contribution in [2.45, 2.75) is 33.2 Å². The van der Waals surface area contributed by atoms with Gasteiger partial charge >= 0.3 is 18.0 Å². The van der Waals surface area contributed by atoms with Crippen molar-refractivity contribution in [3.8, 4) is 0 Å². The molecule has 24 heavy (non-hydrogen) atoms. The molecule has 2 rings (SSSR count). The summed E-state index contributed by atoms with van der Waals surface area (Å²) in [5.41, 5.74) is 0.461. The smallest absolute Gasteiger partial charge is 0.374 e. The third-order valence-electron chi connectivity index (χ3n) is 3.44. The van der Waals surface area contributed by atoms with Gasteiger partial charge < -0.3 is 24.5 Å². The summed E-state index contributed by atoms with van der Waals surface area (Å²) < 4.78 is 15.3. The van der Waals surface area contributed by atoms with E-state index in [0.717, 1.165) is 0 Å². The Kier molecular flexibility index (Phi) is 5.62. The summed E-state index contributed by atoms with van der Waals surface area (Å²) in [6, 6.07) is 2.17. The maximum Gasteiger partial charge on any atom is 0.374 e. The van der Waals surface area contributed by atoms with Gasteiger partial charge in [0.05, 0.1) is 23.9 Å². The molecule has 1 aromatic rings. The van der Waals surface area contributed by atoms with Gasteiger partial charge in [-0.25, -0.2) is 14.4 Å². The molecule has 2 heterocycles. The Morgan fingerprint density at radius 2 is 1.96 bits per heavy atom. The number of carbonyl (C=O) groups excluding carboxylic acids is 3. The van der Waals surface area contributed by atoms with E-state index in [0.29, 0.717) is 12.2 Å². The van der Waals surface area contributed by atoms with Crippen molar-refractivity contribution in [2.24, 2.45) is 0 Å². The van der Waals surface area contributed by atoms with Crippen LogP contribution in [0.3, 0.4) is 0 Å². The Labute approximate surface area is 139 Å². The first-order chi connectivity index (χ1) is 11.5. The zero-order chi connectivity index (χ0) is 17.7. The first-order valence-electron chi connectivity index (χ1n) is 7.67. The molecule has 2 amide bonds. The van der Waals surface area contributed by atoms with Gasteiger partial charge in [-0.1, -0.05) is 6.92 Å². The minimum atomic E-state index is -0.681. The fraction of sp³-hybridized carbons (Fsp3) is 0.438. The number of nitrogens with one attached hydrogen (secondary N) is 2. The van der Waals surface area contributed by atoms with Gasteiger partial charge in [-0.15, -0.1) is 0 Å². The first kappa shape index (κ1) is 17.6. The SMILES string of the molecule is CCOC(=O)C1=C(COC(=O)c2ccc(C)o2)NC(=O)NC1CC. The largest absolute Gasteiger partial charge is 0.463 e. The summed E-state index contributed by atoms with van der Waals surface area (Å²) in [6.07, 6.45) is 0.496. The third-order valence-corrected chi connectivity index (χ3v) is 3.44. The quantitative estimate of drug-likeness (QED) is 0.765. The monoisotopic (exact) mass is 336 g/mol. The number of urea groups is 1. The topological polar surface area (TPSA) is 107 Å². The van der Waals surface area contributed by atoms with Gasteiger partial charge in [0.15, 0.2) is 0 Å². The molecule has 0 saturated carbocycles. The van der Waals surface area contributed by atoms with Crippen LogP contribution in [0.1, 0.15) is 36.6 Å². The molecule has 8 nitrogen and oxygen atoms in total. The molecule has 8 heteroatoms. The number of ether oxygens (including phenoxy) is 2. The van der Waals surface area contributed by atoms with Gasteiger partial charge in [0, 0.05) is 0 Å². The second kappa shape index (κ2) is 7.67. The normalized spacial score (nSPS) is 17.1. The number of hydrogen-bond donors (Lipinski definition) is 2. The zero-order valence-corrected chi connectivity index (χ0v) is 13.8. The first-order valence-corrected chi connectivity index (χ1v) is 7.67. The minimum Gasteiger partial charge on any atom is -0.463 e. The molecule has 1 aromatic heterocycles. The summed E-state index contributed by atoms with van der Waals surface area (Å²) in [4.78, 5) is 35.8. The van der Waals surface area contributed by atoms with E-state index in [1.807, 2.05) is 6.92 Å². The average molecular weight is 336 g/mol. The number of aryl methyl sites for hydroxylation is 1. The number of esters is 2. The van der Waals surface area contributed by atoms with E-state index in [2.05, 4.69) is 10.6 Å². The highest BCUT2D eigenvalue weighted by Gasteiger charge is 2.32. The number of hydrogen-bond acceptors (Lipinski definition) is 6. The summed E-state index contributed by atoms with van der Waals surface area (Å²) in [5.74, 6) is -0.607. The van der Waals surface area contributed by atoms with E-state index < -0.39 is 24.0 Å². The van der Waals surface area contributed by atoms with Crippen LogP contribution in [0.4, 0.5) is 4.79 Å². The standard InChI is InChI=1S/C16H20N2O6/c1-4-10-13(15(20)22-5-2)11(18-16(21)17-10)8-23-14(19)12-7-6-9(3)24-12/h6-7,10H,4-5,8H2,1-3H3,(H2,17,18,21). The van der Waals surface area contributed by atoms with Crippen LogP contribution in [0.25, 0.3) is 0 Å². The van der Waals surface area contributed by atoms with Crippen molar-refractivity contribution in [2.75, 3.05) is 13.2 Å². The second-order valence-corrected chi connectivity index (χ2v) is 5.16. The summed E-state index contributed by atoms with van der Waals surface area (Å²) in [6.45, 7) is 5.15. The lowest BCUT2D eigenvalue weighted by molar-refractivity contribution is -0.139. The number of furan rings is 1. The van der Waals surface area contributed by atoms with Crippen LogP contribution in [0.5, 0.6) is 0 Å². The molecule has 0 spiro atoms. The third kappa shape index (κ3) is 3.95. The van der Waals surface area contributed by atoms with E-state index in [-0.39, 0.29) is 30.2 Å². The molecule has 2 N–H and O–H groups in total. The van der Waals surface area contributed by atoms with Crippen molar-refractivity contribution in [3.63, 3.8) is 0 Å². The molecule has 1 atom stereocenters. The van der Waals surface area contributed by atoms with E-state index in [9.17, 15) is 14.4 Å². The predicted molar refractivity (Wildman–Crippen MR) is 83.1 cm³/mol. The Morgan fingerprint density at radius 1 is 1.21 bits per heavy atom. The molecule has 1 unspecified atom stereocenters. The van der Waals surface area contributed by atoms with Gasteiger partial charge in [0.1, 0.15) is 12.4 Å². The molecule has 0 fully saturated rings. The summed E-state index contributed by atoms with van der Waals surface area (Å²) in [5, 5.41) is 5.14. The van der Waals surface area contributed by atoms with Crippen LogP contribution in [-0.4, -0.2) is 37.2 Å². The molecule has 1 aliphatic rings. The van der Waals surface area contributed by atoms with Crippen molar-refractivity contribution >= 4 is 18.0 Å². The summed E-state index contributed by atoms with van der Waals surface area (Å²) in [7, 11) is 0. The molecule has 130 valence electrons. The van der Waals surface area contributed by atoms with Crippen molar-refractivity contribution in [3.05, 3.63) is 34.9 Å². The second-order valence-electron chi connectivity index (χ2n) is 5.16. The van der Waals surface area contributed by atoms with Gasteiger partial charge in [0.25, 0.3) is 0 Å². The number of amides is 2. The van der Waals surface area contributed by atoms with Crippen molar-refractivity contribution < 1.29 is 28.3 Å². The molecular weight excluding hydrogens is 316 g/mol. The fourth-order valence-electron chi connectivity index (χ4n) is 2.33. The lowest BCUT2D eigenvalue weighted by atomic mass is 10.0. The number of rotatable bonds is 6.